The number of aromatic nitrogens is 2. The molecule has 1 saturated heterocycles. The molecule has 5 nitrogen and oxygen atoms in total. The average Bonchev–Trinajstić information content (AvgIpc) is 2.87. The zero-order chi connectivity index (χ0) is 11.5. The lowest BCUT2D eigenvalue weighted by molar-refractivity contribution is -0.121. The van der Waals surface area contributed by atoms with Gasteiger partial charge in [-0.1, -0.05) is 0 Å². The van der Waals surface area contributed by atoms with Gasteiger partial charge in [0, 0.05) is 25.8 Å². The molecule has 1 atom stereocenters. The summed E-state index contributed by atoms with van der Waals surface area (Å²) in [6.45, 7) is 1.07. The predicted octanol–water partition coefficient (Wildman–Crippen LogP) is 0.598. The van der Waals surface area contributed by atoms with E-state index in [9.17, 15) is 9.59 Å². The molecule has 0 aliphatic carbocycles. The standard InChI is InChI=1S/C11H14N2O3/c1-13-5-9(12-7-13)11(15)4-10(14)8-2-3-16-6-8/h5,7-8H,2-4,6H2,1H3. The SMILES string of the molecule is Cn1cnc(C(=O)CC(=O)C2CCOC2)c1. The van der Waals surface area contributed by atoms with Crippen molar-refractivity contribution in [2.24, 2.45) is 13.0 Å². The fraction of sp³-hybridized carbons (Fsp3) is 0.545. The fourth-order valence-electron chi connectivity index (χ4n) is 1.74. The molecule has 1 aromatic rings. The van der Waals surface area contributed by atoms with Crippen LogP contribution in [0.15, 0.2) is 12.5 Å². The molecule has 1 unspecified atom stereocenters. The highest BCUT2D eigenvalue weighted by Crippen LogP contribution is 2.16. The van der Waals surface area contributed by atoms with Gasteiger partial charge in [0.25, 0.3) is 0 Å². The Balaban J connectivity index is 1.94. The van der Waals surface area contributed by atoms with Gasteiger partial charge in [0.05, 0.1) is 19.4 Å². The van der Waals surface area contributed by atoms with Gasteiger partial charge in [0.15, 0.2) is 5.78 Å². The average molecular weight is 222 g/mol. The van der Waals surface area contributed by atoms with Gasteiger partial charge >= 0.3 is 0 Å². The fourth-order valence-corrected chi connectivity index (χ4v) is 1.74. The summed E-state index contributed by atoms with van der Waals surface area (Å²) in [4.78, 5) is 27.3. The highest BCUT2D eigenvalue weighted by Gasteiger charge is 2.25. The second kappa shape index (κ2) is 4.57. The third-order valence-corrected chi connectivity index (χ3v) is 2.71. The predicted molar refractivity (Wildman–Crippen MR) is 56.1 cm³/mol. The van der Waals surface area contributed by atoms with E-state index < -0.39 is 0 Å². The molecular weight excluding hydrogens is 208 g/mol. The summed E-state index contributed by atoms with van der Waals surface area (Å²) in [6, 6.07) is 0. The van der Waals surface area contributed by atoms with Crippen LogP contribution in [0.2, 0.25) is 0 Å². The number of carbonyl (C=O) groups is 2. The summed E-state index contributed by atoms with van der Waals surface area (Å²) in [5.41, 5.74) is 0.356. The topological polar surface area (TPSA) is 61.2 Å². The monoisotopic (exact) mass is 222 g/mol. The van der Waals surface area contributed by atoms with Crippen molar-refractivity contribution in [3.05, 3.63) is 18.2 Å². The quantitative estimate of drug-likeness (QED) is 0.553. The first-order valence-electron chi connectivity index (χ1n) is 5.28. The van der Waals surface area contributed by atoms with Crippen molar-refractivity contribution in [2.75, 3.05) is 13.2 Å². The van der Waals surface area contributed by atoms with Crippen LogP contribution in [-0.4, -0.2) is 34.3 Å². The Morgan fingerprint density at radius 2 is 2.44 bits per heavy atom. The summed E-state index contributed by atoms with van der Waals surface area (Å²) < 4.78 is 6.81. The maximum Gasteiger partial charge on any atom is 0.190 e. The molecule has 0 amide bonds. The summed E-state index contributed by atoms with van der Waals surface area (Å²) >= 11 is 0. The molecule has 0 saturated carbocycles. The number of carbonyl (C=O) groups excluding carboxylic acids is 2. The Kier molecular flexibility index (Phi) is 3.14. The molecule has 0 radical (unpaired) electrons. The zero-order valence-electron chi connectivity index (χ0n) is 9.18. The summed E-state index contributed by atoms with van der Waals surface area (Å²) in [5, 5.41) is 0. The number of hydrogen-bond acceptors (Lipinski definition) is 4. The number of imidazole rings is 1. The highest BCUT2D eigenvalue weighted by atomic mass is 16.5. The maximum absolute atomic E-state index is 11.7. The minimum atomic E-state index is -0.211. The minimum Gasteiger partial charge on any atom is -0.381 e. The van der Waals surface area contributed by atoms with Gasteiger partial charge in [-0.3, -0.25) is 9.59 Å². The van der Waals surface area contributed by atoms with Crippen LogP contribution in [0, 0.1) is 5.92 Å². The van der Waals surface area contributed by atoms with E-state index in [-0.39, 0.29) is 23.9 Å². The zero-order valence-corrected chi connectivity index (χ0v) is 9.18. The van der Waals surface area contributed by atoms with Gasteiger partial charge in [-0.25, -0.2) is 4.98 Å². The Morgan fingerprint density at radius 3 is 3.00 bits per heavy atom. The number of Topliss-reactive ketones (excluding diaryl/α,β-unsaturated/α-hetero) is 2. The molecule has 1 aromatic heterocycles. The van der Waals surface area contributed by atoms with Crippen molar-refractivity contribution in [2.45, 2.75) is 12.8 Å². The molecule has 16 heavy (non-hydrogen) atoms. The molecule has 0 bridgehead atoms. The van der Waals surface area contributed by atoms with Crippen LogP contribution in [0.25, 0.3) is 0 Å². The minimum absolute atomic E-state index is 0.0341. The molecule has 0 spiro atoms. The third kappa shape index (κ3) is 2.36. The second-order valence-corrected chi connectivity index (χ2v) is 4.05. The van der Waals surface area contributed by atoms with Crippen molar-refractivity contribution in [1.82, 2.24) is 9.55 Å². The van der Waals surface area contributed by atoms with E-state index >= 15 is 0 Å². The molecular formula is C11H14N2O3. The molecule has 0 aromatic carbocycles. The highest BCUT2D eigenvalue weighted by molar-refractivity contribution is 6.07. The third-order valence-electron chi connectivity index (χ3n) is 2.71. The Hall–Kier alpha value is -1.49. The second-order valence-electron chi connectivity index (χ2n) is 4.05. The van der Waals surface area contributed by atoms with E-state index in [4.69, 9.17) is 4.74 Å². The van der Waals surface area contributed by atoms with Crippen LogP contribution in [0.1, 0.15) is 23.3 Å². The number of ketones is 2. The van der Waals surface area contributed by atoms with E-state index in [2.05, 4.69) is 4.98 Å². The molecule has 1 fully saturated rings. The van der Waals surface area contributed by atoms with Gasteiger partial charge in [-0.15, -0.1) is 0 Å². The first-order valence-corrected chi connectivity index (χ1v) is 5.28. The number of hydrogen-bond donors (Lipinski definition) is 0. The van der Waals surface area contributed by atoms with Gasteiger partial charge in [0.1, 0.15) is 11.5 Å². The van der Waals surface area contributed by atoms with Gasteiger partial charge in [-0.2, -0.15) is 0 Å². The first-order chi connectivity index (χ1) is 7.66. The van der Waals surface area contributed by atoms with E-state index in [1.165, 1.54) is 0 Å². The Bertz CT molecular complexity index is 405. The molecule has 1 aliphatic heterocycles. The van der Waals surface area contributed by atoms with E-state index in [0.717, 1.165) is 6.42 Å². The van der Waals surface area contributed by atoms with Crippen molar-refractivity contribution in [3.63, 3.8) is 0 Å². The van der Waals surface area contributed by atoms with Gasteiger partial charge in [-0.05, 0) is 6.42 Å². The molecule has 2 rings (SSSR count). The maximum atomic E-state index is 11.7. The van der Waals surface area contributed by atoms with E-state index in [1.54, 1.807) is 24.1 Å². The lowest BCUT2D eigenvalue weighted by Gasteiger charge is -2.04. The number of nitrogens with zero attached hydrogens (tertiary/aromatic N) is 2. The molecule has 0 N–H and O–H groups in total. The number of rotatable bonds is 4. The van der Waals surface area contributed by atoms with Gasteiger partial charge < -0.3 is 9.30 Å². The van der Waals surface area contributed by atoms with E-state index in [0.29, 0.717) is 18.9 Å². The molecule has 5 heteroatoms. The lowest BCUT2D eigenvalue weighted by Crippen LogP contribution is -2.18. The number of aryl methyl sites for hydroxylation is 1. The largest absolute Gasteiger partial charge is 0.381 e. The smallest absolute Gasteiger partial charge is 0.190 e. The van der Waals surface area contributed by atoms with Crippen LogP contribution < -0.4 is 0 Å². The Labute approximate surface area is 93.4 Å². The lowest BCUT2D eigenvalue weighted by atomic mass is 9.98. The number of ether oxygens (including phenoxy) is 1. The normalized spacial score (nSPS) is 19.9. The molecule has 86 valence electrons. The molecule has 2 heterocycles. The van der Waals surface area contributed by atoms with Crippen molar-refractivity contribution >= 4 is 11.6 Å². The first kappa shape index (κ1) is 11.0. The summed E-state index contributed by atoms with van der Waals surface area (Å²) in [5.74, 6) is -0.349. The van der Waals surface area contributed by atoms with Crippen LogP contribution in [-0.2, 0) is 16.6 Å². The van der Waals surface area contributed by atoms with Crippen molar-refractivity contribution < 1.29 is 14.3 Å². The van der Waals surface area contributed by atoms with Crippen LogP contribution in [0.5, 0.6) is 0 Å². The Morgan fingerprint density at radius 1 is 1.62 bits per heavy atom. The van der Waals surface area contributed by atoms with Crippen molar-refractivity contribution in [3.8, 4) is 0 Å². The summed E-state index contributed by atoms with van der Waals surface area (Å²) in [7, 11) is 1.79. The van der Waals surface area contributed by atoms with Crippen LogP contribution >= 0.6 is 0 Å². The van der Waals surface area contributed by atoms with E-state index in [1.807, 2.05) is 0 Å². The molecule has 1 aliphatic rings. The van der Waals surface area contributed by atoms with Crippen LogP contribution in [0.3, 0.4) is 0 Å². The van der Waals surface area contributed by atoms with Gasteiger partial charge in [0.2, 0.25) is 0 Å². The summed E-state index contributed by atoms with van der Waals surface area (Å²) in [6.07, 6.45) is 3.84. The van der Waals surface area contributed by atoms with Crippen molar-refractivity contribution in [1.29, 1.82) is 0 Å². The van der Waals surface area contributed by atoms with Crippen LogP contribution in [0.4, 0.5) is 0 Å².